The van der Waals surface area contributed by atoms with Crippen LogP contribution in [-0.4, -0.2) is 11.0 Å². The Morgan fingerprint density at radius 3 is 2.32 bits per heavy atom. The molecule has 0 fully saturated rings. The quantitative estimate of drug-likeness (QED) is 0.812. The van der Waals surface area contributed by atoms with Crippen LogP contribution in [0.3, 0.4) is 0 Å². The number of rotatable bonds is 4. The molecule has 5 heteroatoms. The van der Waals surface area contributed by atoms with Crippen molar-refractivity contribution in [3.63, 3.8) is 0 Å². The molecule has 2 aromatic carbocycles. The molecule has 1 N–H and O–H groups in total. The van der Waals surface area contributed by atoms with Gasteiger partial charge in [0.05, 0.1) is 5.69 Å². The van der Waals surface area contributed by atoms with Crippen LogP contribution in [0.5, 0.6) is 0 Å². The molecule has 0 spiro atoms. The summed E-state index contributed by atoms with van der Waals surface area (Å²) < 4.78 is 0. The van der Waals surface area contributed by atoms with Crippen molar-refractivity contribution in [2.45, 2.75) is 18.7 Å². The summed E-state index contributed by atoms with van der Waals surface area (Å²) in [5.74, 6) is -0.299. The number of hydrogen-bond donors (Lipinski definition) is 1. The minimum atomic E-state index is -0.235. The Labute approximate surface area is 139 Å². The van der Waals surface area contributed by atoms with Crippen molar-refractivity contribution >= 4 is 40.1 Å². The Morgan fingerprint density at radius 1 is 1.05 bits per heavy atom. The van der Waals surface area contributed by atoms with E-state index in [0.717, 1.165) is 16.7 Å². The van der Waals surface area contributed by atoms with Gasteiger partial charge in [0.2, 0.25) is 0 Å². The normalized spacial score (nSPS) is 10.5. The number of anilines is 1. The molecule has 2 aromatic rings. The van der Waals surface area contributed by atoms with E-state index in [0.29, 0.717) is 16.3 Å². The SMILES string of the molecule is CC(C)C(=O)Sc1ccccc1NC(=O)c1ccc(Cl)cc1. The number of hydrogen-bond acceptors (Lipinski definition) is 3. The molecule has 22 heavy (non-hydrogen) atoms. The average molecular weight is 334 g/mol. The summed E-state index contributed by atoms with van der Waals surface area (Å²) in [6, 6.07) is 13.9. The highest BCUT2D eigenvalue weighted by Gasteiger charge is 2.14. The van der Waals surface area contributed by atoms with E-state index < -0.39 is 0 Å². The first kappa shape index (κ1) is 16.6. The minimum absolute atomic E-state index is 0.0631. The summed E-state index contributed by atoms with van der Waals surface area (Å²) in [5.41, 5.74) is 1.14. The predicted octanol–water partition coefficient (Wildman–Crippen LogP) is 4.87. The van der Waals surface area contributed by atoms with Gasteiger partial charge < -0.3 is 5.32 Å². The molecule has 0 aromatic heterocycles. The van der Waals surface area contributed by atoms with Crippen molar-refractivity contribution in [3.05, 3.63) is 59.1 Å². The Hall–Kier alpha value is -1.78. The van der Waals surface area contributed by atoms with E-state index in [9.17, 15) is 9.59 Å². The topological polar surface area (TPSA) is 46.2 Å². The molecule has 1 amide bonds. The van der Waals surface area contributed by atoms with Crippen LogP contribution in [0.15, 0.2) is 53.4 Å². The lowest BCUT2D eigenvalue weighted by molar-refractivity contribution is -0.113. The number of nitrogens with one attached hydrogen (secondary N) is 1. The fourth-order valence-electron chi connectivity index (χ4n) is 1.68. The van der Waals surface area contributed by atoms with Crippen LogP contribution < -0.4 is 5.32 Å². The maximum atomic E-state index is 12.2. The van der Waals surface area contributed by atoms with Gasteiger partial charge in [-0.25, -0.2) is 0 Å². The summed E-state index contributed by atoms with van der Waals surface area (Å²) in [5, 5.41) is 3.48. The van der Waals surface area contributed by atoms with Gasteiger partial charge in [0.1, 0.15) is 0 Å². The largest absolute Gasteiger partial charge is 0.321 e. The highest BCUT2D eigenvalue weighted by atomic mass is 35.5. The van der Waals surface area contributed by atoms with E-state index in [4.69, 9.17) is 11.6 Å². The summed E-state index contributed by atoms with van der Waals surface area (Å²) in [4.78, 5) is 24.9. The van der Waals surface area contributed by atoms with E-state index in [1.165, 1.54) is 0 Å². The van der Waals surface area contributed by atoms with Gasteiger partial charge in [0.25, 0.3) is 5.91 Å². The number of benzene rings is 2. The second-order valence-corrected chi connectivity index (χ2v) is 6.52. The van der Waals surface area contributed by atoms with Crippen LogP contribution in [-0.2, 0) is 4.79 Å². The number of thioether (sulfide) groups is 1. The minimum Gasteiger partial charge on any atom is -0.321 e. The van der Waals surface area contributed by atoms with E-state index in [1.807, 2.05) is 32.0 Å². The molecule has 0 unspecified atom stereocenters. The molecule has 0 heterocycles. The molecule has 0 atom stereocenters. The van der Waals surface area contributed by atoms with Gasteiger partial charge in [-0.15, -0.1) is 0 Å². The van der Waals surface area contributed by atoms with Crippen molar-refractivity contribution in [2.24, 2.45) is 5.92 Å². The van der Waals surface area contributed by atoms with Crippen molar-refractivity contribution in [1.82, 2.24) is 0 Å². The lowest BCUT2D eigenvalue weighted by Gasteiger charge is -2.11. The van der Waals surface area contributed by atoms with Crippen molar-refractivity contribution < 1.29 is 9.59 Å². The monoisotopic (exact) mass is 333 g/mol. The number of para-hydroxylation sites is 1. The van der Waals surface area contributed by atoms with Gasteiger partial charge in [-0.2, -0.15) is 0 Å². The van der Waals surface area contributed by atoms with Crippen LogP contribution >= 0.6 is 23.4 Å². The summed E-state index contributed by atoms with van der Waals surface area (Å²) in [7, 11) is 0. The van der Waals surface area contributed by atoms with E-state index in [-0.39, 0.29) is 16.9 Å². The number of halogens is 1. The fraction of sp³-hybridized carbons (Fsp3) is 0.176. The summed E-state index contributed by atoms with van der Waals surface area (Å²) in [6.07, 6.45) is 0. The highest BCUT2D eigenvalue weighted by molar-refractivity contribution is 8.13. The van der Waals surface area contributed by atoms with E-state index >= 15 is 0 Å². The Morgan fingerprint density at radius 2 is 1.68 bits per heavy atom. The van der Waals surface area contributed by atoms with Gasteiger partial charge >= 0.3 is 0 Å². The Bertz CT molecular complexity index is 683. The van der Waals surface area contributed by atoms with Gasteiger partial charge in [0, 0.05) is 21.4 Å². The molecule has 0 aliphatic carbocycles. The zero-order valence-corrected chi connectivity index (χ0v) is 13.9. The second-order valence-electron chi connectivity index (χ2n) is 5.03. The first-order valence-electron chi connectivity index (χ1n) is 6.85. The molecule has 2 rings (SSSR count). The first-order chi connectivity index (χ1) is 10.5. The first-order valence-corrected chi connectivity index (χ1v) is 8.04. The number of carbonyl (C=O) groups excluding carboxylic acids is 2. The highest BCUT2D eigenvalue weighted by Crippen LogP contribution is 2.29. The third-order valence-corrected chi connectivity index (χ3v) is 4.42. The van der Waals surface area contributed by atoms with Crippen LogP contribution in [0, 0.1) is 5.92 Å². The summed E-state index contributed by atoms with van der Waals surface area (Å²) >= 11 is 6.96. The Balaban J connectivity index is 2.17. The van der Waals surface area contributed by atoms with Crippen LogP contribution in [0.4, 0.5) is 5.69 Å². The van der Waals surface area contributed by atoms with Crippen LogP contribution in [0.25, 0.3) is 0 Å². The smallest absolute Gasteiger partial charge is 0.255 e. The van der Waals surface area contributed by atoms with Crippen molar-refractivity contribution in [2.75, 3.05) is 5.32 Å². The molecular weight excluding hydrogens is 318 g/mol. The zero-order valence-electron chi connectivity index (χ0n) is 12.3. The van der Waals surface area contributed by atoms with Crippen molar-refractivity contribution in [3.8, 4) is 0 Å². The fourth-order valence-corrected chi connectivity index (χ4v) is 2.63. The standard InChI is InChI=1S/C17H16ClNO2S/c1-11(2)17(21)22-15-6-4-3-5-14(15)19-16(20)12-7-9-13(18)10-8-12/h3-11H,1-2H3,(H,19,20). The lowest BCUT2D eigenvalue weighted by atomic mass is 10.2. The molecular formula is C17H16ClNO2S. The number of carbonyl (C=O) groups is 2. The maximum Gasteiger partial charge on any atom is 0.255 e. The lowest BCUT2D eigenvalue weighted by Crippen LogP contribution is -2.12. The van der Waals surface area contributed by atoms with Gasteiger partial charge in [-0.05, 0) is 48.2 Å². The Kier molecular flexibility index (Phi) is 5.63. The van der Waals surface area contributed by atoms with Crippen LogP contribution in [0.2, 0.25) is 5.02 Å². The summed E-state index contributed by atoms with van der Waals surface area (Å²) in [6.45, 7) is 3.70. The molecule has 0 bridgehead atoms. The van der Waals surface area contributed by atoms with Crippen molar-refractivity contribution in [1.29, 1.82) is 0 Å². The van der Waals surface area contributed by atoms with E-state index in [1.54, 1.807) is 30.3 Å². The third kappa shape index (κ3) is 4.36. The van der Waals surface area contributed by atoms with Gasteiger partial charge in [-0.1, -0.05) is 37.6 Å². The van der Waals surface area contributed by atoms with Gasteiger partial charge in [-0.3, -0.25) is 9.59 Å². The van der Waals surface area contributed by atoms with Gasteiger partial charge in [0.15, 0.2) is 5.12 Å². The second kappa shape index (κ2) is 7.47. The predicted molar refractivity (Wildman–Crippen MR) is 91.5 cm³/mol. The number of amides is 1. The van der Waals surface area contributed by atoms with Crippen LogP contribution in [0.1, 0.15) is 24.2 Å². The zero-order chi connectivity index (χ0) is 16.1. The molecule has 0 aliphatic rings. The third-order valence-electron chi connectivity index (χ3n) is 2.92. The molecule has 0 saturated heterocycles. The molecule has 0 aliphatic heterocycles. The molecule has 0 saturated carbocycles. The maximum absolute atomic E-state index is 12.2. The van der Waals surface area contributed by atoms with E-state index in [2.05, 4.69) is 5.32 Å². The molecule has 3 nitrogen and oxygen atoms in total. The molecule has 114 valence electrons. The average Bonchev–Trinajstić information content (AvgIpc) is 2.49. The molecule has 0 radical (unpaired) electrons.